The van der Waals surface area contributed by atoms with Crippen LogP contribution in [0.15, 0.2) is 79.3 Å². The molecule has 1 N–H and O–H groups in total. The number of hydrogen-bond acceptors (Lipinski definition) is 6. The number of likely N-dealkylation sites (N-methyl/N-ethyl adjacent to an activating group) is 1. The average Bonchev–Trinajstić information content (AvgIpc) is 3.68. The van der Waals surface area contributed by atoms with E-state index in [1.165, 1.54) is 24.2 Å². The van der Waals surface area contributed by atoms with Crippen molar-refractivity contribution in [2.45, 2.75) is 25.4 Å². The average molecular weight is 507 g/mol. The summed E-state index contributed by atoms with van der Waals surface area (Å²) in [7, 11) is 0. The molecule has 5 heterocycles. The highest BCUT2D eigenvalue weighted by molar-refractivity contribution is 5.91. The van der Waals surface area contributed by atoms with Gasteiger partial charge in [0.05, 0.1) is 11.3 Å². The molecule has 0 aliphatic carbocycles. The molecule has 3 aromatic heterocycles. The van der Waals surface area contributed by atoms with Crippen LogP contribution in [0, 0.1) is 5.82 Å². The van der Waals surface area contributed by atoms with Gasteiger partial charge in [-0.3, -0.25) is 9.88 Å². The van der Waals surface area contributed by atoms with E-state index in [2.05, 4.69) is 51.0 Å². The zero-order valence-electron chi connectivity index (χ0n) is 21.0. The van der Waals surface area contributed by atoms with Crippen molar-refractivity contribution >= 4 is 11.3 Å². The normalized spacial score (nSPS) is 19.1. The van der Waals surface area contributed by atoms with Crippen LogP contribution in [-0.4, -0.2) is 61.3 Å². The first-order chi connectivity index (χ1) is 18.6. The van der Waals surface area contributed by atoms with E-state index in [0.717, 1.165) is 42.0 Å². The van der Waals surface area contributed by atoms with Crippen LogP contribution in [0.1, 0.15) is 13.3 Å². The molecule has 0 unspecified atom stereocenters. The van der Waals surface area contributed by atoms with Crippen molar-refractivity contribution in [2.75, 3.05) is 24.5 Å². The van der Waals surface area contributed by atoms with Crippen molar-refractivity contribution in [3.05, 3.63) is 85.1 Å². The second-order valence-corrected chi connectivity index (χ2v) is 10.0. The second-order valence-electron chi connectivity index (χ2n) is 10.0. The van der Waals surface area contributed by atoms with Gasteiger partial charge in [0.2, 0.25) is 0 Å². The molecule has 0 saturated carbocycles. The van der Waals surface area contributed by atoms with E-state index < -0.39 is 11.6 Å². The number of likely N-dealkylation sites (tertiary alicyclic amines) is 1. The summed E-state index contributed by atoms with van der Waals surface area (Å²) in [5.41, 5.74) is 6.70. The van der Waals surface area contributed by atoms with Crippen LogP contribution in [-0.2, 0) is 0 Å². The fourth-order valence-corrected chi connectivity index (χ4v) is 6.09. The number of rotatable bonds is 5. The third-order valence-corrected chi connectivity index (χ3v) is 7.96. The van der Waals surface area contributed by atoms with E-state index in [4.69, 9.17) is 5.10 Å². The lowest BCUT2D eigenvalue weighted by Gasteiger charge is -2.35. The Kier molecular flexibility index (Phi) is 5.37. The number of aromatic nitrogens is 4. The van der Waals surface area contributed by atoms with Crippen LogP contribution >= 0.6 is 0 Å². The Morgan fingerprint density at radius 2 is 1.68 bits per heavy atom. The molecule has 2 aliphatic rings. The topological polar surface area (TPSA) is 69.8 Å². The van der Waals surface area contributed by atoms with E-state index >= 15 is 0 Å². The van der Waals surface area contributed by atoms with Crippen LogP contribution in [0.2, 0.25) is 0 Å². The molecule has 2 aromatic carbocycles. The summed E-state index contributed by atoms with van der Waals surface area (Å²) in [4.78, 5) is 13.9. The number of phenols is 1. The summed E-state index contributed by atoms with van der Waals surface area (Å²) in [6, 6.07) is 20.0. The van der Waals surface area contributed by atoms with Crippen molar-refractivity contribution in [1.82, 2.24) is 24.5 Å². The molecule has 2 bridgehead atoms. The van der Waals surface area contributed by atoms with Crippen molar-refractivity contribution in [3.63, 3.8) is 0 Å². The van der Waals surface area contributed by atoms with Crippen LogP contribution in [0.4, 0.5) is 10.1 Å². The smallest absolute Gasteiger partial charge is 0.164 e. The van der Waals surface area contributed by atoms with Crippen molar-refractivity contribution in [2.24, 2.45) is 0 Å². The highest BCUT2D eigenvalue weighted by Gasteiger charge is 2.42. The fourth-order valence-electron chi connectivity index (χ4n) is 6.09. The van der Waals surface area contributed by atoms with Crippen LogP contribution in [0.25, 0.3) is 39.3 Å². The Balaban J connectivity index is 1.32. The van der Waals surface area contributed by atoms with Gasteiger partial charge in [-0.15, -0.1) is 0 Å². The van der Waals surface area contributed by atoms with Gasteiger partial charge in [0, 0.05) is 60.6 Å². The molecule has 2 saturated heterocycles. The molecular formula is C30H27FN6O. The molecule has 0 spiro atoms. The number of piperazine rings is 1. The number of phenolic OH excluding ortho intramolecular Hbond substituents is 1. The number of benzene rings is 2. The lowest BCUT2D eigenvalue weighted by molar-refractivity contribution is 0.251. The fraction of sp³-hybridized carbons (Fsp3) is 0.233. The summed E-state index contributed by atoms with van der Waals surface area (Å²) >= 11 is 0. The van der Waals surface area contributed by atoms with Crippen molar-refractivity contribution in [3.8, 4) is 39.4 Å². The number of aromatic hydroxyl groups is 1. The summed E-state index contributed by atoms with van der Waals surface area (Å²) in [6.07, 6.45) is 6.43. The number of fused-ring (bicyclic) bond motifs is 3. The zero-order chi connectivity index (χ0) is 25.8. The van der Waals surface area contributed by atoms with Crippen LogP contribution in [0.3, 0.4) is 0 Å². The number of hydrogen-bond donors (Lipinski definition) is 1. The quantitative estimate of drug-likeness (QED) is 0.351. The molecule has 2 fully saturated rings. The van der Waals surface area contributed by atoms with Crippen LogP contribution in [0.5, 0.6) is 5.75 Å². The first-order valence-electron chi connectivity index (χ1n) is 13.0. The molecular weight excluding hydrogens is 479 g/mol. The lowest BCUT2D eigenvalue weighted by Crippen LogP contribution is -2.46. The van der Waals surface area contributed by atoms with Crippen molar-refractivity contribution < 1.29 is 9.50 Å². The van der Waals surface area contributed by atoms with Gasteiger partial charge >= 0.3 is 0 Å². The SMILES string of the molecule is CCN1C[C@H]2C[C@@H]1CN2c1ccc(-c2ccnc3c(-c4ccc(F)c(O)c4)c(-c4ccncc4)nn23)cc1. The van der Waals surface area contributed by atoms with E-state index in [1.54, 1.807) is 24.7 Å². The number of pyridine rings is 1. The monoisotopic (exact) mass is 506 g/mol. The maximum atomic E-state index is 13.9. The van der Waals surface area contributed by atoms with E-state index in [9.17, 15) is 9.50 Å². The standard InChI is InChI=1S/C30H27FN6O/c1-2-35-17-24-16-23(35)18-36(24)22-6-3-19(4-7-22)26-11-14-33-30-28(21-5-8-25(31)27(38)15-21)29(34-37(26)30)20-9-12-32-13-10-20/h3-15,23-24,38H,2,16-18H2,1H3/t23-,24-/m1/s1. The maximum absolute atomic E-state index is 13.9. The minimum Gasteiger partial charge on any atom is -0.505 e. The summed E-state index contributed by atoms with van der Waals surface area (Å²) in [5, 5.41) is 15.1. The van der Waals surface area contributed by atoms with Crippen LogP contribution < -0.4 is 4.90 Å². The highest BCUT2D eigenvalue weighted by Crippen LogP contribution is 2.38. The molecule has 0 amide bonds. The molecule has 5 aromatic rings. The minimum atomic E-state index is -0.668. The van der Waals surface area contributed by atoms with Gasteiger partial charge in [0.25, 0.3) is 0 Å². The van der Waals surface area contributed by atoms with Gasteiger partial charge in [-0.2, -0.15) is 5.10 Å². The third kappa shape index (κ3) is 3.63. The van der Waals surface area contributed by atoms with E-state index in [-0.39, 0.29) is 0 Å². The Bertz CT molecular complexity index is 1630. The first-order valence-corrected chi connectivity index (χ1v) is 13.0. The predicted molar refractivity (Wildman–Crippen MR) is 145 cm³/mol. The predicted octanol–water partition coefficient (Wildman–Crippen LogP) is 5.25. The van der Waals surface area contributed by atoms with E-state index in [0.29, 0.717) is 29.0 Å². The molecule has 38 heavy (non-hydrogen) atoms. The summed E-state index contributed by atoms with van der Waals surface area (Å²) in [5.74, 6) is -1.08. The Morgan fingerprint density at radius 3 is 2.39 bits per heavy atom. The van der Waals surface area contributed by atoms with Gasteiger partial charge in [-0.1, -0.05) is 25.1 Å². The Morgan fingerprint density at radius 1 is 0.895 bits per heavy atom. The van der Waals surface area contributed by atoms with Gasteiger partial charge in [-0.05, 0) is 61.0 Å². The van der Waals surface area contributed by atoms with Gasteiger partial charge in [-0.25, -0.2) is 13.9 Å². The molecule has 2 aliphatic heterocycles. The minimum absolute atomic E-state index is 0.410. The van der Waals surface area contributed by atoms with E-state index in [1.807, 2.05) is 22.7 Å². The maximum Gasteiger partial charge on any atom is 0.164 e. The number of anilines is 1. The molecule has 2 atom stereocenters. The molecule has 8 heteroatoms. The summed E-state index contributed by atoms with van der Waals surface area (Å²) < 4.78 is 15.7. The Labute approximate surface area is 219 Å². The van der Waals surface area contributed by atoms with Gasteiger partial charge in [0.1, 0.15) is 5.69 Å². The number of nitrogens with zero attached hydrogens (tertiary/aromatic N) is 6. The highest BCUT2D eigenvalue weighted by atomic mass is 19.1. The third-order valence-electron chi connectivity index (χ3n) is 7.96. The summed E-state index contributed by atoms with van der Waals surface area (Å²) in [6.45, 7) is 5.59. The van der Waals surface area contributed by atoms with Gasteiger partial charge < -0.3 is 10.0 Å². The molecule has 7 rings (SSSR count). The lowest BCUT2D eigenvalue weighted by atomic mass is 10.0. The van der Waals surface area contributed by atoms with Crippen molar-refractivity contribution in [1.29, 1.82) is 0 Å². The van der Waals surface area contributed by atoms with Gasteiger partial charge in [0.15, 0.2) is 17.2 Å². The first kappa shape index (κ1) is 22.9. The largest absolute Gasteiger partial charge is 0.505 e. The molecule has 7 nitrogen and oxygen atoms in total. The molecule has 0 radical (unpaired) electrons. The Hall–Kier alpha value is -4.30. The number of halogens is 1. The molecule has 190 valence electrons. The second kappa shape index (κ2) is 8.92. The zero-order valence-corrected chi connectivity index (χ0v) is 21.0.